The molecule has 2 atom stereocenters. The molecule has 3 aromatic rings. The lowest BCUT2D eigenvalue weighted by Gasteiger charge is -2.31. The fourth-order valence-corrected chi connectivity index (χ4v) is 8.21. The minimum absolute atomic E-state index is 0.730. The van der Waals surface area contributed by atoms with E-state index in [0.717, 1.165) is 22.8 Å². The zero-order chi connectivity index (χ0) is 20.1. The topological polar surface area (TPSA) is 54.4 Å². The van der Waals surface area contributed by atoms with Crippen LogP contribution in [0.5, 0.6) is 0 Å². The molecule has 0 aromatic heterocycles. The summed E-state index contributed by atoms with van der Waals surface area (Å²) in [5, 5.41) is 12.3. The van der Waals surface area contributed by atoms with Crippen LogP contribution in [0.3, 0.4) is 0 Å². The van der Waals surface area contributed by atoms with Crippen molar-refractivity contribution in [3.63, 3.8) is 0 Å². The molecule has 0 aliphatic rings. The van der Waals surface area contributed by atoms with E-state index in [2.05, 4.69) is 0 Å². The first-order valence-corrected chi connectivity index (χ1v) is 10.8. The van der Waals surface area contributed by atoms with E-state index in [-0.39, 0.29) is 0 Å². The summed E-state index contributed by atoms with van der Waals surface area (Å²) in [6.07, 6.45) is -1.88. The molecule has 1 N–H and O–H groups in total. The number of carbonyl (C=O) groups is 2. The molecule has 0 saturated carbocycles. The third-order valence-electron chi connectivity index (χ3n) is 4.77. The molecular formula is C23H21FO3P+. The van der Waals surface area contributed by atoms with Gasteiger partial charge in [0.1, 0.15) is 23.2 Å². The molecule has 0 aliphatic heterocycles. The van der Waals surface area contributed by atoms with Crippen molar-refractivity contribution in [1.29, 1.82) is 0 Å². The summed E-state index contributed by atoms with van der Waals surface area (Å²) in [4.78, 5) is 25.4. The van der Waals surface area contributed by atoms with Crippen molar-refractivity contribution in [2.24, 2.45) is 0 Å². The number of benzene rings is 3. The zero-order valence-electron chi connectivity index (χ0n) is 15.4. The normalized spacial score (nSPS) is 13.5. The first-order valence-electron chi connectivity index (χ1n) is 8.95. The lowest BCUT2D eigenvalue weighted by molar-refractivity contribution is -0.140. The van der Waals surface area contributed by atoms with Gasteiger partial charge in [0.25, 0.3) is 0 Å². The van der Waals surface area contributed by atoms with Crippen molar-refractivity contribution in [2.45, 2.75) is 18.8 Å². The highest BCUT2D eigenvalue weighted by Crippen LogP contribution is 2.60. The van der Waals surface area contributed by atoms with Gasteiger partial charge in [-0.05, 0) is 43.3 Å². The van der Waals surface area contributed by atoms with Crippen molar-refractivity contribution < 1.29 is 19.1 Å². The summed E-state index contributed by atoms with van der Waals surface area (Å²) in [5.41, 5.74) is -1.51. The standard InChI is InChI=1S/C23H20FO3P/c1-17(24)21(25)22(23(26)27)28(18-11-5-2-6-12-18,19-13-7-3-8-14-19)20-15-9-4-10-16-20/h2-17,22H,1H3/p+1. The van der Waals surface area contributed by atoms with Crippen molar-refractivity contribution in [1.82, 2.24) is 0 Å². The average Bonchev–Trinajstić information content (AvgIpc) is 2.73. The van der Waals surface area contributed by atoms with Crippen LogP contribution < -0.4 is 15.9 Å². The summed E-state index contributed by atoms with van der Waals surface area (Å²) in [5.74, 6) is -2.21. The van der Waals surface area contributed by atoms with Gasteiger partial charge in [0.05, 0.1) is 0 Å². The molecule has 0 aliphatic carbocycles. The number of Topliss-reactive ketones (excluding diaryl/α,β-unsaturated/α-hetero) is 1. The van der Waals surface area contributed by atoms with Crippen LogP contribution in [0, 0.1) is 0 Å². The summed E-state index contributed by atoms with van der Waals surface area (Å²) in [6, 6.07) is 27.4. The molecule has 3 nitrogen and oxygen atoms in total. The van der Waals surface area contributed by atoms with Crippen LogP contribution in [0.25, 0.3) is 0 Å². The van der Waals surface area contributed by atoms with Crippen LogP contribution in [0.4, 0.5) is 4.39 Å². The van der Waals surface area contributed by atoms with Gasteiger partial charge in [0, 0.05) is 0 Å². The van der Waals surface area contributed by atoms with Crippen LogP contribution in [0.1, 0.15) is 6.92 Å². The first-order chi connectivity index (χ1) is 13.5. The Morgan fingerprint density at radius 2 is 1.07 bits per heavy atom. The highest BCUT2D eigenvalue weighted by atomic mass is 31.2. The summed E-state index contributed by atoms with van der Waals surface area (Å²) in [6.45, 7) is 1.11. The van der Waals surface area contributed by atoms with Crippen LogP contribution >= 0.6 is 7.26 Å². The van der Waals surface area contributed by atoms with Gasteiger partial charge in [0.2, 0.25) is 11.4 Å². The van der Waals surface area contributed by atoms with Crippen molar-refractivity contribution >= 4 is 34.9 Å². The van der Waals surface area contributed by atoms with Crippen LogP contribution in [-0.4, -0.2) is 28.7 Å². The van der Waals surface area contributed by atoms with Gasteiger partial charge in [-0.1, -0.05) is 54.6 Å². The fourth-order valence-electron chi connectivity index (χ4n) is 3.58. The molecule has 0 bridgehead atoms. The third-order valence-corrected chi connectivity index (χ3v) is 9.36. The Morgan fingerprint density at radius 1 is 0.750 bits per heavy atom. The Kier molecular flexibility index (Phi) is 6.01. The van der Waals surface area contributed by atoms with E-state index in [9.17, 15) is 19.1 Å². The van der Waals surface area contributed by atoms with E-state index in [0.29, 0.717) is 0 Å². The smallest absolute Gasteiger partial charge is 0.353 e. The molecule has 3 rings (SSSR count). The highest BCUT2D eigenvalue weighted by molar-refractivity contribution is 7.97. The minimum Gasteiger partial charge on any atom is -0.478 e. The summed E-state index contributed by atoms with van der Waals surface area (Å²) < 4.78 is 14.2. The number of alkyl halides is 1. The number of carboxylic acid groups (broad SMARTS) is 1. The maximum absolute atomic E-state index is 14.2. The molecule has 28 heavy (non-hydrogen) atoms. The van der Waals surface area contributed by atoms with Gasteiger partial charge in [-0.15, -0.1) is 0 Å². The average molecular weight is 395 g/mol. The van der Waals surface area contributed by atoms with Gasteiger partial charge in [-0.25, -0.2) is 9.18 Å². The first kappa shape index (κ1) is 19.9. The molecule has 5 heteroatoms. The Balaban J connectivity index is 2.47. The molecule has 0 saturated heterocycles. The largest absolute Gasteiger partial charge is 0.478 e. The number of hydrogen-bond donors (Lipinski definition) is 1. The lowest BCUT2D eigenvalue weighted by atomic mass is 10.2. The molecule has 0 heterocycles. The number of halogens is 1. The van der Waals surface area contributed by atoms with Gasteiger partial charge in [-0.3, -0.25) is 4.79 Å². The Hall–Kier alpha value is -2.84. The molecule has 0 amide bonds. The van der Waals surface area contributed by atoms with E-state index < -0.39 is 30.8 Å². The van der Waals surface area contributed by atoms with Gasteiger partial charge >= 0.3 is 5.97 Å². The van der Waals surface area contributed by atoms with Gasteiger partial charge < -0.3 is 5.11 Å². The van der Waals surface area contributed by atoms with E-state index in [1.165, 1.54) is 0 Å². The predicted octanol–water partition coefficient (Wildman–Crippen LogP) is 3.36. The molecule has 142 valence electrons. The molecule has 0 spiro atoms. The second-order valence-electron chi connectivity index (χ2n) is 6.49. The Labute approximate surface area is 164 Å². The quantitative estimate of drug-likeness (QED) is 0.493. The SMILES string of the molecule is CC(F)C(=O)C(C(=O)O)[P+](c1ccccc1)(c1ccccc1)c1ccccc1. The number of ketones is 1. The van der Waals surface area contributed by atoms with Crippen molar-refractivity contribution in [3.05, 3.63) is 91.0 Å². The Bertz CT molecular complexity index is 847. The Morgan fingerprint density at radius 3 is 1.32 bits per heavy atom. The maximum atomic E-state index is 14.2. The number of aliphatic carboxylic acids is 1. The highest BCUT2D eigenvalue weighted by Gasteiger charge is 2.60. The van der Waals surface area contributed by atoms with E-state index >= 15 is 0 Å². The zero-order valence-corrected chi connectivity index (χ0v) is 16.3. The van der Waals surface area contributed by atoms with Crippen LogP contribution in [0.2, 0.25) is 0 Å². The molecule has 0 radical (unpaired) electrons. The van der Waals surface area contributed by atoms with Crippen molar-refractivity contribution in [2.75, 3.05) is 0 Å². The second-order valence-corrected chi connectivity index (χ2v) is 10.00. The molecular weight excluding hydrogens is 374 g/mol. The third kappa shape index (κ3) is 3.48. The maximum Gasteiger partial charge on any atom is 0.353 e. The van der Waals surface area contributed by atoms with Gasteiger partial charge in [0.15, 0.2) is 6.17 Å². The fraction of sp³-hybridized carbons (Fsp3) is 0.130. The number of carbonyl (C=O) groups excluding carboxylic acids is 1. The van der Waals surface area contributed by atoms with Crippen LogP contribution in [0.15, 0.2) is 91.0 Å². The van der Waals surface area contributed by atoms with E-state index in [1.54, 1.807) is 0 Å². The lowest BCUT2D eigenvalue weighted by Crippen LogP contribution is -2.48. The molecule has 2 unspecified atom stereocenters. The summed E-state index contributed by atoms with van der Waals surface area (Å²) in [7, 11) is -3.02. The predicted molar refractivity (Wildman–Crippen MR) is 112 cm³/mol. The number of hydrogen-bond acceptors (Lipinski definition) is 2. The minimum atomic E-state index is -3.02. The van der Waals surface area contributed by atoms with Gasteiger partial charge in [-0.2, -0.15) is 0 Å². The number of carboxylic acids is 1. The van der Waals surface area contributed by atoms with Crippen molar-refractivity contribution in [3.8, 4) is 0 Å². The summed E-state index contributed by atoms with van der Waals surface area (Å²) >= 11 is 0. The second kappa shape index (κ2) is 8.45. The van der Waals surface area contributed by atoms with Crippen LogP contribution in [-0.2, 0) is 9.59 Å². The molecule has 3 aromatic carbocycles. The van der Waals surface area contributed by atoms with E-state index in [4.69, 9.17) is 0 Å². The van der Waals surface area contributed by atoms with E-state index in [1.807, 2.05) is 91.0 Å². The monoisotopic (exact) mass is 395 g/mol. The molecule has 0 fully saturated rings. The number of rotatable bonds is 7.